The Morgan fingerprint density at radius 2 is 1.88 bits per heavy atom. The van der Waals surface area contributed by atoms with Crippen LogP contribution in [0.15, 0.2) is 0 Å². The van der Waals surface area contributed by atoms with Crippen molar-refractivity contribution >= 4 is 11.8 Å². The molecule has 92 valence electrons. The smallest absolute Gasteiger partial charge is 0.0713 e. The van der Waals surface area contributed by atoms with Crippen LogP contribution < -0.4 is 5.32 Å². The third-order valence-corrected chi connectivity index (χ3v) is 5.46. The molecule has 2 heterocycles. The van der Waals surface area contributed by atoms with Crippen LogP contribution in [0.4, 0.5) is 0 Å². The number of thioether (sulfide) groups is 1. The van der Waals surface area contributed by atoms with Crippen molar-refractivity contribution in [3.63, 3.8) is 0 Å². The van der Waals surface area contributed by atoms with Gasteiger partial charge in [0.15, 0.2) is 0 Å². The van der Waals surface area contributed by atoms with Crippen molar-refractivity contribution in [1.82, 2.24) is 5.32 Å². The first-order valence-electron chi connectivity index (χ1n) is 6.84. The molecule has 0 radical (unpaired) electrons. The fraction of sp³-hybridized carbons (Fsp3) is 1.00. The van der Waals surface area contributed by atoms with Gasteiger partial charge in [0.2, 0.25) is 0 Å². The molecule has 1 aliphatic carbocycles. The number of hydrogen-bond acceptors (Lipinski definition) is 3. The van der Waals surface area contributed by atoms with Gasteiger partial charge < -0.3 is 10.1 Å². The molecule has 3 aliphatic rings. The number of hydrogen-bond donors (Lipinski definition) is 1. The van der Waals surface area contributed by atoms with E-state index in [2.05, 4.69) is 17.1 Å². The summed E-state index contributed by atoms with van der Waals surface area (Å²) >= 11 is 2.09. The van der Waals surface area contributed by atoms with Gasteiger partial charge in [-0.1, -0.05) is 6.42 Å². The summed E-state index contributed by atoms with van der Waals surface area (Å²) in [6, 6.07) is 1.57. The molecule has 0 aromatic carbocycles. The lowest BCUT2D eigenvalue weighted by atomic mass is 9.84. The molecular formula is C13H23NOS. The lowest BCUT2D eigenvalue weighted by Gasteiger charge is -2.45. The summed E-state index contributed by atoms with van der Waals surface area (Å²) in [5.41, 5.74) is 0.255. The van der Waals surface area contributed by atoms with Gasteiger partial charge in [0.05, 0.1) is 5.60 Å². The highest BCUT2D eigenvalue weighted by atomic mass is 32.2. The van der Waals surface area contributed by atoms with Gasteiger partial charge in [0, 0.05) is 18.7 Å². The highest BCUT2D eigenvalue weighted by Gasteiger charge is 2.39. The van der Waals surface area contributed by atoms with Gasteiger partial charge in [-0.05, 0) is 50.0 Å². The molecule has 0 amide bonds. The first kappa shape index (κ1) is 11.4. The molecular weight excluding hydrogens is 218 g/mol. The zero-order chi connectivity index (χ0) is 10.8. The highest BCUT2D eigenvalue weighted by Crippen LogP contribution is 2.38. The summed E-state index contributed by atoms with van der Waals surface area (Å²) in [6.45, 7) is 0.981. The van der Waals surface area contributed by atoms with Crippen molar-refractivity contribution in [2.75, 3.05) is 18.1 Å². The Hall–Kier alpha value is 0.270. The first-order valence-corrected chi connectivity index (χ1v) is 8.00. The third-order valence-electron chi connectivity index (χ3n) is 4.47. The van der Waals surface area contributed by atoms with Gasteiger partial charge in [-0.3, -0.25) is 0 Å². The average Bonchev–Trinajstić information content (AvgIpc) is 2.25. The predicted octanol–water partition coefficient (Wildman–Crippen LogP) is 2.57. The van der Waals surface area contributed by atoms with Crippen LogP contribution in [-0.2, 0) is 4.74 Å². The summed E-state index contributed by atoms with van der Waals surface area (Å²) in [4.78, 5) is 0. The zero-order valence-electron chi connectivity index (χ0n) is 10.0. The van der Waals surface area contributed by atoms with Crippen LogP contribution in [0.5, 0.6) is 0 Å². The standard InChI is InChI=1S/C13H23NOS/c1-2-11(3-1)14-12-4-7-15-13(10-12)5-8-16-9-6-13/h11-12,14H,1-10H2. The zero-order valence-corrected chi connectivity index (χ0v) is 10.9. The molecule has 16 heavy (non-hydrogen) atoms. The van der Waals surface area contributed by atoms with E-state index >= 15 is 0 Å². The molecule has 2 saturated heterocycles. The van der Waals surface area contributed by atoms with E-state index in [4.69, 9.17) is 4.74 Å². The third kappa shape index (κ3) is 2.41. The van der Waals surface area contributed by atoms with Crippen molar-refractivity contribution in [3.8, 4) is 0 Å². The van der Waals surface area contributed by atoms with Crippen LogP contribution in [0, 0.1) is 0 Å². The van der Waals surface area contributed by atoms with Crippen LogP contribution in [0.1, 0.15) is 44.9 Å². The van der Waals surface area contributed by atoms with Crippen LogP contribution in [0.3, 0.4) is 0 Å². The maximum absolute atomic E-state index is 6.12. The summed E-state index contributed by atoms with van der Waals surface area (Å²) in [5, 5.41) is 3.84. The van der Waals surface area contributed by atoms with Crippen LogP contribution >= 0.6 is 11.8 Å². The molecule has 1 atom stereocenters. The molecule has 0 aromatic heterocycles. The van der Waals surface area contributed by atoms with E-state index in [-0.39, 0.29) is 5.60 Å². The molecule has 3 heteroatoms. The monoisotopic (exact) mass is 241 g/mol. The summed E-state index contributed by atoms with van der Waals surface area (Å²) in [6.07, 6.45) is 9.29. The predicted molar refractivity (Wildman–Crippen MR) is 69.0 cm³/mol. The Labute approximate surface area is 103 Å². The fourth-order valence-electron chi connectivity index (χ4n) is 3.17. The quantitative estimate of drug-likeness (QED) is 0.803. The number of ether oxygens (including phenoxy) is 1. The fourth-order valence-corrected chi connectivity index (χ4v) is 4.41. The maximum Gasteiger partial charge on any atom is 0.0713 e. The normalized spacial score (nSPS) is 34.9. The van der Waals surface area contributed by atoms with Gasteiger partial charge in [0.1, 0.15) is 0 Å². The molecule has 3 rings (SSSR count). The van der Waals surface area contributed by atoms with Gasteiger partial charge >= 0.3 is 0 Å². The van der Waals surface area contributed by atoms with E-state index < -0.39 is 0 Å². The Morgan fingerprint density at radius 1 is 1.06 bits per heavy atom. The van der Waals surface area contributed by atoms with Crippen LogP contribution in [-0.4, -0.2) is 35.8 Å². The molecule has 3 fully saturated rings. The second-order valence-corrected chi connectivity index (χ2v) is 6.85. The number of rotatable bonds is 2. The number of nitrogens with one attached hydrogen (secondary N) is 1. The van der Waals surface area contributed by atoms with E-state index in [0.717, 1.165) is 18.7 Å². The molecule has 1 N–H and O–H groups in total. The Morgan fingerprint density at radius 3 is 2.56 bits per heavy atom. The minimum atomic E-state index is 0.255. The second-order valence-electron chi connectivity index (χ2n) is 5.63. The maximum atomic E-state index is 6.12. The van der Waals surface area contributed by atoms with Crippen LogP contribution in [0.25, 0.3) is 0 Å². The van der Waals surface area contributed by atoms with Crippen molar-refractivity contribution in [2.45, 2.75) is 62.6 Å². The van der Waals surface area contributed by atoms with Crippen LogP contribution in [0.2, 0.25) is 0 Å². The SMILES string of the molecule is C1CC(NC2CCOC3(CCSCC3)C2)C1. The minimum Gasteiger partial charge on any atom is -0.375 e. The lowest BCUT2D eigenvalue weighted by molar-refractivity contribution is -0.0950. The largest absolute Gasteiger partial charge is 0.375 e. The van der Waals surface area contributed by atoms with Gasteiger partial charge in [-0.2, -0.15) is 11.8 Å². The molecule has 2 aliphatic heterocycles. The van der Waals surface area contributed by atoms with Gasteiger partial charge in [0.25, 0.3) is 0 Å². The topological polar surface area (TPSA) is 21.3 Å². The van der Waals surface area contributed by atoms with Crippen molar-refractivity contribution < 1.29 is 4.74 Å². The van der Waals surface area contributed by atoms with E-state index in [1.165, 1.54) is 56.5 Å². The van der Waals surface area contributed by atoms with Crippen molar-refractivity contribution in [3.05, 3.63) is 0 Å². The lowest BCUT2D eigenvalue weighted by Crippen LogP contribution is -2.52. The highest BCUT2D eigenvalue weighted by molar-refractivity contribution is 7.99. The summed E-state index contributed by atoms with van der Waals surface area (Å²) < 4.78 is 6.12. The molecule has 2 nitrogen and oxygen atoms in total. The molecule has 1 spiro atoms. The minimum absolute atomic E-state index is 0.255. The second kappa shape index (κ2) is 4.87. The summed E-state index contributed by atoms with van der Waals surface area (Å²) in [7, 11) is 0. The molecule has 1 unspecified atom stereocenters. The van der Waals surface area contributed by atoms with Gasteiger partial charge in [-0.15, -0.1) is 0 Å². The average molecular weight is 241 g/mol. The molecule has 0 bridgehead atoms. The molecule has 1 saturated carbocycles. The van der Waals surface area contributed by atoms with E-state index in [1.54, 1.807) is 0 Å². The molecule has 0 aromatic rings. The first-order chi connectivity index (χ1) is 7.86. The van der Waals surface area contributed by atoms with E-state index in [0.29, 0.717) is 0 Å². The Kier molecular flexibility index (Phi) is 3.46. The van der Waals surface area contributed by atoms with E-state index in [1.807, 2.05) is 0 Å². The van der Waals surface area contributed by atoms with E-state index in [9.17, 15) is 0 Å². The Balaban J connectivity index is 1.55. The Bertz CT molecular complexity index is 231. The van der Waals surface area contributed by atoms with Gasteiger partial charge in [-0.25, -0.2) is 0 Å². The van der Waals surface area contributed by atoms with Crippen molar-refractivity contribution in [2.24, 2.45) is 0 Å². The summed E-state index contributed by atoms with van der Waals surface area (Å²) in [5.74, 6) is 2.60. The van der Waals surface area contributed by atoms with Crippen molar-refractivity contribution in [1.29, 1.82) is 0 Å².